The number of hydrogen-bond donors (Lipinski definition) is 0. The van der Waals surface area contributed by atoms with E-state index in [0.29, 0.717) is 0 Å². The van der Waals surface area contributed by atoms with Crippen LogP contribution in [-0.2, 0) is 0 Å². The summed E-state index contributed by atoms with van der Waals surface area (Å²) in [6, 6.07) is 57.6. The van der Waals surface area contributed by atoms with Gasteiger partial charge in [-0.15, -0.1) is 11.3 Å². The zero-order valence-electron chi connectivity index (χ0n) is 25.8. The van der Waals surface area contributed by atoms with Crippen molar-refractivity contribution in [3.63, 3.8) is 0 Å². The highest BCUT2D eigenvalue weighted by molar-refractivity contribution is 7.26. The van der Waals surface area contributed by atoms with Gasteiger partial charge in [0.1, 0.15) is 0 Å². The Morgan fingerprint density at radius 1 is 0.354 bits per heavy atom. The highest BCUT2D eigenvalue weighted by Crippen LogP contribution is 2.45. The number of aromatic nitrogens is 3. The first-order chi connectivity index (χ1) is 23.8. The third-order valence-electron chi connectivity index (χ3n) is 10.1. The summed E-state index contributed by atoms with van der Waals surface area (Å²) >= 11 is 1.90. The van der Waals surface area contributed by atoms with Crippen LogP contribution in [0.3, 0.4) is 0 Å². The van der Waals surface area contributed by atoms with Crippen LogP contribution < -0.4 is 0 Å². The van der Waals surface area contributed by atoms with Gasteiger partial charge >= 0.3 is 0 Å². The molecular formula is C44H27N3S. The Balaban J connectivity index is 1.30. The van der Waals surface area contributed by atoms with Gasteiger partial charge in [0.05, 0.1) is 32.3 Å². The fraction of sp³-hybridized carbons (Fsp3) is 0. The molecule has 3 nitrogen and oxygen atoms in total. The van der Waals surface area contributed by atoms with Crippen molar-refractivity contribution in [2.75, 3.05) is 0 Å². The molecule has 0 amide bonds. The van der Waals surface area contributed by atoms with Crippen LogP contribution >= 0.6 is 11.3 Å². The molecule has 0 aliphatic heterocycles. The molecule has 4 aromatic heterocycles. The molecule has 4 heterocycles. The molecule has 0 N–H and O–H groups in total. The minimum atomic E-state index is 1.16. The molecule has 0 radical (unpaired) electrons. The first-order valence-electron chi connectivity index (χ1n) is 16.4. The van der Waals surface area contributed by atoms with Crippen molar-refractivity contribution in [2.24, 2.45) is 0 Å². The van der Waals surface area contributed by atoms with Crippen molar-refractivity contribution in [1.82, 2.24) is 13.7 Å². The number of rotatable bonds is 3. The lowest BCUT2D eigenvalue weighted by Gasteiger charge is -2.12. The second-order valence-corrected chi connectivity index (χ2v) is 13.6. The quantitative estimate of drug-likeness (QED) is 0.185. The van der Waals surface area contributed by atoms with Crippen LogP contribution in [-0.4, -0.2) is 13.7 Å². The van der Waals surface area contributed by atoms with Crippen molar-refractivity contribution in [2.45, 2.75) is 0 Å². The minimum Gasteiger partial charge on any atom is -0.316 e. The molecule has 0 aliphatic rings. The lowest BCUT2D eigenvalue weighted by atomic mass is 10.1. The Bertz CT molecular complexity index is 3050. The smallest absolute Gasteiger partial charge is 0.0720 e. The van der Waals surface area contributed by atoms with Crippen LogP contribution in [0.4, 0.5) is 0 Å². The summed E-state index contributed by atoms with van der Waals surface area (Å²) < 4.78 is 9.89. The summed E-state index contributed by atoms with van der Waals surface area (Å²) in [7, 11) is 0. The van der Waals surface area contributed by atoms with Crippen LogP contribution in [0.15, 0.2) is 164 Å². The topological polar surface area (TPSA) is 14.8 Å². The molecule has 11 aromatic rings. The summed E-state index contributed by atoms with van der Waals surface area (Å²) in [5.74, 6) is 0. The Kier molecular flexibility index (Phi) is 5.26. The van der Waals surface area contributed by atoms with E-state index in [9.17, 15) is 0 Å². The number of hydrogen-bond acceptors (Lipinski definition) is 1. The Labute approximate surface area is 279 Å². The molecule has 48 heavy (non-hydrogen) atoms. The van der Waals surface area contributed by atoms with E-state index < -0.39 is 0 Å². The molecular weight excluding hydrogens is 603 g/mol. The van der Waals surface area contributed by atoms with Gasteiger partial charge in [0.15, 0.2) is 0 Å². The van der Waals surface area contributed by atoms with E-state index in [1.165, 1.54) is 86.1 Å². The Morgan fingerprint density at radius 3 is 1.85 bits per heavy atom. The van der Waals surface area contributed by atoms with E-state index in [4.69, 9.17) is 0 Å². The molecule has 0 spiro atoms. The Morgan fingerprint density at radius 2 is 1.00 bits per heavy atom. The number of thiophene rings is 1. The molecule has 224 valence electrons. The summed E-state index contributed by atoms with van der Waals surface area (Å²) in [5, 5.41) is 8.93. The molecule has 0 bridgehead atoms. The van der Waals surface area contributed by atoms with E-state index in [0.717, 1.165) is 5.69 Å². The first-order valence-corrected chi connectivity index (χ1v) is 17.2. The lowest BCUT2D eigenvalue weighted by molar-refractivity contribution is 1.13. The van der Waals surface area contributed by atoms with Crippen LogP contribution in [0.25, 0.3) is 91.7 Å². The summed E-state index contributed by atoms with van der Waals surface area (Å²) in [5.41, 5.74) is 9.64. The monoisotopic (exact) mass is 629 g/mol. The van der Waals surface area contributed by atoms with E-state index in [-0.39, 0.29) is 0 Å². The zero-order chi connectivity index (χ0) is 31.3. The van der Waals surface area contributed by atoms with Crippen LogP contribution in [0.2, 0.25) is 0 Å². The number of para-hydroxylation sites is 3. The fourth-order valence-corrected chi connectivity index (χ4v) is 9.25. The van der Waals surface area contributed by atoms with Gasteiger partial charge in [-0.25, -0.2) is 0 Å². The van der Waals surface area contributed by atoms with Gasteiger partial charge in [-0.05, 0) is 66.7 Å². The first kappa shape index (κ1) is 26.0. The van der Waals surface area contributed by atoms with Crippen LogP contribution in [0.1, 0.15) is 0 Å². The van der Waals surface area contributed by atoms with Crippen molar-refractivity contribution in [1.29, 1.82) is 0 Å². The Hall–Kier alpha value is -6.10. The summed E-state index contributed by atoms with van der Waals surface area (Å²) in [4.78, 5) is 0. The second kappa shape index (κ2) is 9.71. The van der Waals surface area contributed by atoms with Crippen LogP contribution in [0.5, 0.6) is 0 Å². The molecule has 0 fully saturated rings. The van der Waals surface area contributed by atoms with Gasteiger partial charge < -0.3 is 13.7 Å². The van der Waals surface area contributed by atoms with E-state index in [1.807, 2.05) is 11.3 Å². The second-order valence-electron chi connectivity index (χ2n) is 12.6. The highest BCUT2D eigenvalue weighted by atomic mass is 32.1. The van der Waals surface area contributed by atoms with Crippen molar-refractivity contribution in [3.8, 4) is 17.1 Å². The van der Waals surface area contributed by atoms with Gasteiger partial charge in [0.2, 0.25) is 0 Å². The maximum absolute atomic E-state index is 2.55. The average molecular weight is 630 g/mol. The van der Waals surface area contributed by atoms with Crippen molar-refractivity contribution in [3.05, 3.63) is 164 Å². The predicted octanol–water partition coefficient (Wildman–Crippen LogP) is 12.2. The number of fused-ring (bicyclic) bond motifs is 12. The standard InChI is InChI=1S/C44H27N3S/c1-3-11-28(12-4-1)45-26-25-36-38(45)24-22-33-34-20-21-35-32-16-8-10-18-41(32)48-44(35)43(34)47(42(33)36)30-19-23-40-37(27-30)31-15-7-9-17-39(31)46(40)29-13-5-2-6-14-29/h1-27H. The van der Waals surface area contributed by atoms with Gasteiger partial charge in [-0.3, -0.25) is 0 Å². The molecule has 0 saturated carbocycles. The predicted molar refractivity (Wildman–Crippen MR) is 205 cm³/mol. The van der Waals surface area contributed by atoms with Gasteiger partial charge in [0.25, 0.3) is 0 Å². The molecule has 0 unspecified atom stereocenters. The number of benzene rings is 7. The highest BCUT2D eigenvalue weighted by Gasteiger charge is 2.22. The minimum absolute atomic E-state index is 1.16. The fourth-order valence-electron chi connectivity index (χ4n) is 8.01. The normalized spacial score (nSPS) is 12.2. The summed E-state index contributed by atoms with van der Waals surface area (Å²) in [6.07, 6.45) is 2.22. The molecule has 11 rings (SSSR count). The maximum Gasteiger partial charge on any atom is 0.0720 e. The molecule has 7 aromatic carbocycles. The molecule has 0 saturated heterocycles. The maximum atomic E-state index is 2.55. The average Bonchev–Trinajstić information content (AvgIpc) is 3.91. The van der Waals surface area contributed by atoms with Gasteiger partial charge in [-0.1, -0.05) is 91.0 Å². The van der Waals surface area contributed by atoms with Gasteiger partial charge in [-0.2, -0.15) is 0 Å². The van der Waals surface area contributed by atoms with E-state index in [2.05, 4.69) is 178 Å². The molecule has 4 heteroatoms. The third kappa shape index (κ3) is 3.47. The lowest BCUT2D eigenvalue weighted by Crippen LogP contribution is -1.96. The SMILES string of the molecule is c1ccc(-n2ccc3c2ccc2c4ccc5c6ccccc6sc5c4n(-c4ccc5c(c4)c4ccccc4n5-c4ccccc4)c23)cc1. The van der Waals surface area contributed by atoms with Gasteiger partial charge in [0, 0.05) is 65.7 Å². The van der Waals surface area contributed by atoms with E-state index >= 15 is 0 Å². The molecule has 0 atom stereocenters. The van der Waals surface area contributed by atoms with Crippen molar-refractivity contribution < 1.29 is 0 Å². The summed E-state index contributed by atoms with van der Waals surface area (Å²) in [6.45, 7) is 0. The number of nitrogens with zero attached hydrogens (tertiary/aromatic N) is 3. The van der Waals surface area contributed by atoms with E-state index in [1.54, 1.807) is 0 Å². The third-order valence-corrected chi connectivity index (χ3v) is 11.3. The molecule has 0 aliphatic carbocycles. The largest absolute Gasteiger partial charge is 0.316 e. The zero-order valence-corrected chi connectivity index (χ0v) is 26.7. The van der Waals surface area contributed by atoms with Crippen molar-refractivity contribution >= 4 is 86.0 Å². The van der Waals surface area contributed by atoms with Crippen LogP contribution in [0, 0.1) is 0 Å².